The molecule has 0 N–H and O–H groups in total. The predicted molar refractivity (Wildman–Crippen MR) is 133 cm³/mol. The molecule has 8 heteroatoms. The molecule has 0 fully saturated rings. The van der Waals surface area contributed by atoms with Crippen molar-refractivity contribution in [2.45, 2.75) is 31.5 Å². The summed E-state index contributed by atoms with van der Waals surface area (Å²) in [6.45, 7) is 4.10. The largest absolute Gasteiger partial charge is 0.467 e. The van der Waals surface area contributed by atoms with Crippen LogP contribution in [-0.4, -0.2) is 37.1 Å². The predicted octanol–water partition coefficient (Wildman–Crippen LogP) is 5.16. The Morgan fingerprint density at radius 2 is 1.68 bits per heavy atom. The molecule has 3 heterocycles. The lowest BCUT2D eigenvalue weighted by atomic mass is 10.0. The van der Waals surface area contributed by atoms with E-state index in [9.17, 15) is 4.79 Å². The SMILES string of the molecule is Cc1ccc(C2=NN(C(=O)CSc3nnc(-c4ccc(C)cc4)n3C)C(c3ccco3)C2)cc1. The Labute approximate surface area is 202 Å². The van der Waals surface area contributed by atoms with Crippen molar-refractivity contribution in [2.75, 3.05) is 5.75 Å². The van der Waals surface area contributed by atoms with Gasteiger partial charge >= 0.3 is 0 Å². The van der Waals surface area contributed by atoms with Crippen molar-refractivity contribution in [2.24, 2.45) is 12.1 Å². The molecule has 1 unspecified atom stereocenters. The van der Waals surface area contributed by atoms with Crippen molar-refractivity contribution in [3.8, 4) is 11.4 Å². The number of hydrazone groups is 1. The number of aryl methyl sites for hydroxylation is 2. The molecule has 0 radical (unpaired) electrons. The van der Waals surface area contributed by atoms with E-state index in [1.807, 2.05) is 60.1 Å². The lowest BCUT2D eigenvalue weighted by molar-refractivity contribution is -0.130. The first kappa shape index (κ1) is 22.2. The summed E-state index contributed by atoms with van der Waals surface area (Å²) < 4.78 is 7.56. The molecule has 0 bridgehead atoms. The number of aromatic nitrogens is 3. The average Bonchev–Trinajstić information content (AvgIpc) is 3.59. The summed E-state index contributed by atoms with van der Waals surface area (Å²) in [6, 6.07) is 19.8. The molecule has 7 nitrogen and oxygen atoms in total. The second-order valence-electron chi connectivity index (χ2n) is 8.41. The van der Waals surface area contributed by atoms with Crippen LogP contribution in [0, 0.1) is 13.8 Å². The van der Waals surface area contributed by atoms with Gasteiger partial charge in [0, 0.05) is 19.0 Å². The molecule has 0 saturated carbocycles. The number of thioether (sulfide) groups is 1. The van der Waals surface area contributed by atoms with Crippen LogP contribution in [0.15, 0.2) is 81.6 Å². The van der Waals surface area contributed by atoms with E-state index in [0.29, 0.717) is 11.6 Å². The molecule has 5 rings (SSSR count). The van der Waals surface area contributed by atoms with Gasteiger partial charge in [0.1, 0.15) is 11.8 Å². The zero-order chi connectivity index (χ0) is 23.7. The van der Waals surface area contributed by atoms with E-state index in [4.69, 9.17) is 9.52 Å². The van der Waals surface area contributed by atoms with Crippen molar-refractivity contribution in [1.29, 1.82) is 0 Å². The molecule has 1 amide bonds. The highest BCUT2D eigenvalue weighted by molar-refractivity contribution is 7.99. The van der Waals surface area contributed by atoms with Gasteiger partial charge in [0.2, 0.25) is 0 Å². The molecule has 34 heavy (non-hydrogen) atoms. The quantitative estimate of drug-likeness (QED) is 0.363. The Morgan fingerprint density at radius 1 is 1.00 bits per heavy atom. The van der Waals surface area contributed by atoms with Gasteiger partial charge < -0.3 is 8.98 Å². The maximum absolute atomic E-state index is 13.3. The number of hydrogen-bond acceptors (Lipinski definition) is 6. The number of hydrogen-bond donors (Lipinski definition) is 0. The first-order chi connectivity index (χ1) is 16.5. The summed E-state index contributed by atoms with van der Waals surface area (Å²) >= 11 is 1.36. The van der Waals surface area contributed by atoms with Crippen molar-refractivity contribution < 1.29 is 9.21 Å². The average molecular weight is 472 g/mol. The minimum Gasteiger partial charge on any atom is -0.467 e. The summed E-state index contributed by atoms with van der Waals surface area (Å²) in [5, 5.41) is 15.6. The maximum atomic E-state index is 13.3. The fourth-order valence-electron chi connectivity index (χ4n) is 3.95. The van der Waals surface area contributed by atoms with Gasteiger partial charge in [-0.2, -0.15) is 5.10 Å². The molecule has 0 aliphatic carbocycles. The van der Waals surface area contributed by atoms with Crippen molar-refractivity contribution >= 4 is 23.4 Å². The lowest BCUT2D eigenvalue weighted by Crippen LogP contribution is -2.28. The Morgan fingerprint density at radius 3 is 2.32 bits per heavy atom. The minimum absolute atomic E-state index is 0.103. The van der Waals surface area contributed by atoms with Crippen LogP contribution in [0.25, 0.3) is 11.4 Å². The van der Waals surface area contributed by atoms with E-state index < -0.39 is 0 Å². The van der Waals surface area contributed by atoms with E-state index >= 15 is 0 Å². The smallest absolute Gasteiger partial charge is 0.253 e. The zero-order valence-electron chi connectivity index (χ0n) is 19.3. The van der Waals surface area contributed by atoms with Gasteiger partial charge in [0.15, 0.2) is 11.0 Å². The van der Waals surface area contributed by atoms with E-state index in [-0.39, 0.29) is 17.7 Å². The topological polar surface area (TPSA) is 76.5 Å². The minimum atomic E-state index is -0.262. The van der Waals surface area contributed by atoms with Crippen molar-refractivity contribution in [3.63, 3.8) is 0 Å². The zero-order valence-corrected chi connectivity index (χ0v) is 20.1. The van der Waals surface area contributed by atoms with Gasteiger partial charge in [-0.15, -0.1) is 10.2 Å². The van der Waals surface area contributed by atoms with E-state index in [1.165, 1.54) is 22.9 Å². The molecule has 0 spiro atoms. The molecule has 2 aromatic heterocycles. The molecule has 0 saturated heterocycles. The highest BCUT2D eigenvalue weighted by Gasteiger charge is 2.35. The summed E-state index contributed by atoms with van der Waals surface area (Å²) in [5.41, 5.74) is 5.25. The Hall–Kier alpha value is -3.65. The summed E-state index contributed by atoms with van der Waals surface area (Å²) in [6.07, 6.45) is 2.23. The summed E-state index contributed by atoms with van der Waals surface area (Å²) in [5.74, 6) is 1.59. The van der Waals surface area contributed by atoms with Crippen molar-refractivity contribution in [3.05, 3.63) is 89.4 Å². The lowest BCUT2D eigenvalue weighted by Gasteiger charge is -2.19. The van der Waals surface area contributed by atoms with Gasteiger partial charge in [0.25, 0.3) is 5.91 Å². The van der Waals surface area contributed by atoms with Crippen LogP contribution in [0.1, 0.15) is 34.9 Å². The Bertz CT molecular complexity index is 1320. The summed E-state index contributed by atoms with van der Waals surface area (Å²) in [7, 11) is 1.91. The number of rotatable bonds is 6. The van der Waals surface area contributed by atoms with Crippen LogP contribution in [-0.2, 0) is 11.8 Å². The Balaban J connectivity index is 1.34. The van der Waals surface area contributed by atoms with Crippen molar-refractivity contribution in [1.82, 2.24) is 19.8 Å². The van der Waals surface area contributed by atoms with Gasteiger partial charge in [0.05, 0.1) is 17.7 Å². The number of nitrogens with zero attached hydrogens (tertiary/aromatic N) is 5. The summed E-state index contributed by atoms with van der Waals surface area (Å²) in [4.78, 5) is 13.3. The van der Waals surface area contributed by atoms with E-state index in [0.717, 1.165) is 28.4 Å². The molecule has 1 atom stereocenters. The highest BCUT2D eigenvalue weighted by atomic mass is 32.2. The van der Waals surface area contributed by atoms with Gasteiger partial charge in [-0.3, -0.25) is 4.79 Å². The highest BCUT2D eigenvalue weighted by Crippen LogP contribution is 2.34. The maximum Gasteiger partial charge on any atom is 0.253 e. The van der Waals surface area contributed by atoms with Gasteiger partial charge in [-0.1, -0.05) is 71.4 Å². The molecular weight excluding hydrogens is 446 g/mol. The first-order valence-corrected chi connectivity index (χ1v) is 12.1. The second kappa shape index (κ2) is 9.30. The monoisotopic (exact) mass is 471 g/mol. The molecule has 1 aliphatic rings. The Kier molecular flexibility index (Phi) is 6.06. The van der Waals surface area contributed by atoms with E-state index in [2.05, 4.69) is 36.2 Å². The third kappa shape index (κ3) is 4.41. The van der Waals surface area contributed by atoms with Crippen LogP contribution >= 0.6 is 11.8 Å². The van der Waals surface area contributed by atoms with Gasteiger partial charge in [-0.05, 0) is 31.5 Å². The van der Waals surface area contributed by atoms with Crippen LogP contribution in [0.5, 0.6) is 0 Å². The fraction of sp³-hybridized carbons (Fsp3) is 0.231. The first-order valence-electron chi connectivity index (χ1n) is 11.1. The van der Waals surface area contributed by atoms with E-state index in [1.54, 1.807) is 11.3 Å². The van der Waals surface area contributed by atoms with Gasteiger partial charge in [-0.25, -0.2) is 5.01 Å². The third-order valence-electron chi connectivity index (χ3n) is 5.89. The number of amides is 1. The number of furan rings is 1. The number of benzene rings is 2. The normalized spacial score (nSPS) is 15.6. The molecule has 172 valence electrons. The third-order valence-corrected chi connectivity index (χ3v) is 6.90. The molecular formula is C26H25N5O2S. The standard InChI is InChI=1S/C26H25N5O2S/c1-17-6-10-19(11-7-17)21-15-22(23-5-4-14-33-23)31(29-21)24(32)16-34-26-28-27-25(30(26)3)20-12-8-18(2)9-13-20/h4-14,22H,15-16H2,1-3H3. The molecule has 4 aromatic rings. The number of carbonyl (C=O) groups is 1. The fourth-order valence-corrected chi connectivity index (χ4v) is 4.71. The molecule has 2 aromatic carbocycles. The van der Waals surface area contributed by atoms with Crippen LogP contribution in [0.2, 0.25) is 0 Å². The van der Waals surface area contributed by atoms with Crippen LogP contribution in [0.4, 0.5) is 0 Å². The van der Waals surface area contributed by atoms with Crippen LogP contribution in [0.3, 0.4) is 0 Å². The second-order valence-corrected chi connectivity index (χ2v) is 9.35. The number of carbonyl (C=O) groups excluding carboxylic acids is 1. The molecule has 1 aliphatic heterocycles. The van der Waals surface area contributed by atoms with Crippen LogP contribution < -0.4 is 0 Å².